The molecule has 2 nitrogen and oxygen atoms in total. The van der Waals surface area contributed by atoms with Crippen LogP contribution in [0.25, 0.3) is 0 Å². The topological polar surface area (TPSA) is 26.3 Å². The van der Waals surface area contributed by atoms with Gasteiger partial charge in [0.2, 0.25) is 0 Å². The lowest BCUT2D eigenvalue weighted by molar-refractivity contribution is -0.134. The molecule has 0 atom stereocenters. The number of benzene rings is 1. The maximum absolute atomic E-state index is 13.8. The monoisotopic (exact) mass is 320 g/mol. The number of rotatable bonds is 7. The number of halogens is 1. The molecule has 1 aliphatic carbocycles. The SMILES string of the molecule is CCCc1ccc(OC(=O)CC[C@H]2CC[C@H](CC)CC2)cc1F. The van der Waals surface area contributed by atoms with E-state index in [-0.39, 0.29) is 11.8 Å². The third-order valence-corrected chi connectivity index (χ3v) is 5.08. The summed E-state index contributed by atoms with van der Waals surface area (Å²) in [6.07, 6.45) is 9.25. The molecule has 0 bridgehead atoms. The standard InChI is InChI=1S/C20H29FO2/c1-3-5-17-11-12-18(14-19(17)21)23-20(22)13-10-16-8-6-15(4-2)7-9-16/h11-12,14-16H,3-10,13H2,1-2H3/t15-,16-. The number of esters is 1. The summed E-state index contributed by atoms with van der Waals surface area (Å²) in [5.74, 6) is 1.32. The Morgan fingerprint density at radius 1 is 1.17 bits per heavy atom. The molecule has 1 saturated carbocycles. The lowest BCUT2D eigenvalue weighted by Gasteiger charge is -2.27. The summed E-state index contributed by atoms with van der Waals surface area (Å²) in [6, 6.07) is 4.74. The van der Waals surface area contributed by atoms with Crippen molar-refractivity contribution >= 4 is 5.97 Å². The van der Waals surface area contributed by atoms with Crippen molar-refractivity contribution in [3.8, 4) is 5.75 Å². The third kappa shape index (κ3) is 5.63. The second kappa shape index (κ2) is 9.05. The van der Waals surface area contributed by atoms with Crippen LogP contribution in [0.3, 0.4) is 0 Å². The van der Waals surface area contributed by atoms with Gasteiger partial charge in [-0.15, -0.1) is 0 Å². The average molecular weight is 320 g/mol. The largest absolute Gasteiger partial charge is 0.426 e. The third-order valence-electron chi connectivity index (χ3n) is 5.08. The van der Waals surface area contributed by atoms with Crippen LogP contribution in [0.15, 0.2) is 18.2 Å². The van der Waals surface area contributed by atoms with Gasteiger partial charge < -0.3 is 4.74 Å². The quantitative estimate of drug-likeness (QED) is 0.477. The van der Waals surface area contributed by atoms with Crippen molar-refractivity contribution in [1.29, 1.82) is 0 Å². The minimum atomic E-state index is -0.282. The van der Waals surface area contributed by atoms with Gasteiger partial charge in [0.1, 0.15) is 11.6 Å². The van der Waals surface area contributed by atoms with E-state index in [0.29, 0.717) is 30.1 Å². The minimum Gasteiger partial charge on any atom is -0.426 e. The van der Waals surface area contributed by atoms with E-state index in [1.165, 1.54) is 38.2 Å². The van der Waals surface area contributed by atoms with Crippen molar-refractivity contribution in [2.75, 3.05) is 0 Å². The molecule has 2 rings (SSSR count). The van der Waals surface area contributed by atoms with E-state index in [2.05, 4.69) is 6.92 Å². The lowest BCUT2D eigenvalue weighted by Crippen LogP contribution is -2.16. The van der Waals surface area contributed by atoms with Gasteiger partial charge in [0.15, 0.2) is 0 Å². The van der Waals surface area contributed by atoms with E-state index < -0.39 is 0 Å². The molecule has 1 aliphatic rings. The van der Waals surface area contributed by atoms with E-state index in [1.807, 2.05) is 6.92 Å². The van der Waals surface area contributed by atoms with Gasteiger partial charge in [-0.05, 0) is 36.3 Å². The van der Waals surface area contributed by atoms with Crippen LogP contribution < -0.4 is 4.74 Å². The first-order chi connectivity index (χ1) is 11.1. The average Bonchev–Trinajstić information content (AvgIpc) is 2.56. The first-order valence-corrected chi connectivity index (χ1v) is 9.11. The van der Waals surface area contributed by atoms with E-state index in [9.17, 15) is 9.18 Å². The summed E-state index contributed by atoms with van der Waals surface area (Å²) in [6.45, 7) is 4.27. The van der Waals surface area contributed by atoms with E-state index in [4.69, 9.17) is 4.74 Å². The summed E-state index contributed by atoms with van der Waals surface area (Å²) in [4.78, 5) is 12.0. The molecule has 0 heterocycles. The molecule has 0 radical (unpaired) electrons. The van der Waals surface area contributed by atoms with Crippen LogP contribution in [0.4, 0.5) is 4.39 Å². The Morgan fingerprint density at radius 3 is 2.48 bits per heavy atom. The first-order valence-electron chi connectivity index (χ1n) is 9.11. The second-order valence-corrected chi connectivity index (χ2v) is 6.81. The molecule has 23 heavy (non-hydrogen) atoms. The van der Waals surface area contributed by atoms with Gasteiger partial charge in [0, 0.05) is 12.5 Å². The Balaban J connectivity index is 1.75. The normalized spacial score (nSPS) is 21.2. The molecular formula is C20H29FO2. The maximum atomic E-state index is 13.8. The van der Waals surface area contributed by atoms with E-state index in [1.54, 1.807) is 12.1 Å². The molecule has 128 valence electrons. The van der Waals surface area contributed by atoms with Crippen LogP contribution in [-0.2, 0) is 11.2 Å². The van der Waals surface area contributed by atoms with Gasteiger partial charge in [-0.3, -0.25) is 4.79 Å². The summed E-state index contributed by atoms with van der Waals surface area (Å²) >= 11 is 0. The highest BCUT2D eigenvalue weighted by atomic mass is 19.1. The number of ether oxygens (including phenoxy) is 1. The molecule has 1 aromatic carbocycles. The molecule has 0 aliphatic heterocycles. The fraction of sp³-hybridized carbons (Fsp3) is 0.650. The molecule has 3 heteroatoms. The van der Waals surface area contributed by atoms with Crippen molar-refractivity contribution < 1.29 is 13.9 Å². The Bertz CT molecular complexity index is 504. The smallest absolute Gasteiger partial charge is 0.311 e. The molecule has 0 N–H and O–H groups in total. The fourth-order valence-electron chi connectivity index (χ4n) is 3.50. The number of hydrogen-bond donors (Lipinski definition) is 0. The summed E-state index contributed by atoms with van der Waals surface area (Å²) in [5, 5.41) is 0. The molecular weight excluding hydrogens is 291 g/mol. The number of aryl methyl sites for hydroxylation is 1. The highest BCUT2D eigenvalue weighted by Gasteiger charge is 2.21. The minimum absolute atomic E-state index is 0.245. The van der Waals surface area contributed by atoms with Gasteiger partial charge in [0.25, 0.3) is 0 Å². The number of carbonyl (C=O) groups is 1. The van der Waals surface area contributed by atoms with Gasteiger partial charge in [-0.25, -0.2) is 4.39 Å². The predicted molar refractivity (Wildman–Crippen MR) is 91.0 cm³/mol. The van der Waals surface area contributed by atoms with Crippen LogP contribution in [0.5, 0.6) is 5.75 Å². The first kappa shape index (κ1) is 18.0. The van der Waals surface area contributed by atoms with E-state index in [0.717, 1.165) is 18.8 Å². The van der Waals surface area contributed by atoms with Crippen LogP contribution >= 0.6 is 0 Å². The molecule has 0 spiro atoms. The zero-order valence-electron chi connectivity index (χ0n) is 14.4. The highest BCUT2D eigenvalue weighted by Crippen LogP contribution is 2.33. The van der Waals surface area contributed by atoms with Crippen molar-refractivity contribution in [1.82, 2.24) is 0 Å². The molecule has 1 aromatic rings. The van der Waals surface area contributed by atoms with Gasteiger partial charge in [-0.2, -0.15) is 0 Å². The van der Waals surface area contributed by atoms with Gasteiger partial charge >= 0.3 is 5.97 Å². The highest BCUT2D eigenvalue weighted by molar-refractivity contribution is 5.72. The molecule has 1 fully saturated rings. The van der Waals surface area contributed by atoms with Gasteiger partial charge in [-0.1, -0.05) is 58.4 Å². The molecule has 0 unspecified atom stereocenters. The second-order valence-electron chi connectivity index (χ2n) is 6.81. The van der Waals surface area contributed by atoms with E-state index >= 15 is 0 Å². The lowest BCUT2D eigenvalue weighted by atomic mass is 9.79. The number of hydrogen-bond acceptors (Lipinski definition) is 2. The van der Waals surface area contributed by atoms with Crippen molar-refractivity contribution in [3.05, 3.63) is 29.6 Å². The molecule has 0 amide bonds. The summed E-state index contributed by atoms with van der Waals surface area (Å²) in [5.41, 5.74) is 0.681. The Labute approximate surface area is 139 Å². The fourth-order valence-corrected chi connectivity index (χ4v) is 3.50. The maximum Gasteiger partial charge on any atom is 0.311 e. The zero-order chi connectivity index (χ0) is 16.7. The summed E-state index contributed by atoms with van der Waals surface area (Å²) in [7, 11) is 0. The van der Waals surface area contributed by atoms with Crippen molar-refractivity contribution in [3.63, 3.8) is 0 Å². The summed E-state index contributed by atoms with van der Waals surface area (Å²) < 4.78 is 19.1. The van der Waals surface area contributed by atoms with Crippen molar-refractivity contribution in [2.24, 2.45) is 11.8 Å². The van der Waals surface area contributed by atoms with Crippen LogP contribution in [0.1, 0.15) is 70.8 Å². The van der Waals surface area contributed by atoms with Crippen LogP contribution in [0, 0.1) is 17.7 Å². The Morgan fingerprint density at radius 2 is 1.87 bits per heavy atom. The number of carbonyl (C=O) groups excluding carboxylic acids is 1. The molecule has 0 saturated heterocycles. The van der Waals surface area contributed by atoms with Crippen LogP contribution in [-0.4, -0.2) is 5.97 Å². The van der Waals surface area contributed by atoms with Crippen molar-refractivity contribution in [2.45, 2.75) is 71.6 Å². The Hall–Kier alpha value is -1.38. The molecule has 0 aromatic heterocycles. The Kier molecular flexibility index (Phi) is 7.07. The zero-order valence-corrected chi connectivity index (χ0v) is 14.4. The van der Waals surface area contributed by atoms with Gasteiger partial charge in [0.05, 0.1) is 0 Å². The van der Waals surface area contributed by atoms with Crippen LogP contribution in [0.2, 0.25) is 0 Å². The predicted octanol–water partition coefficient (Wildman–Crippen LogP) is 5.68.